The minimum atomic E-state index is -1.26. The lowest BCUT2D eigenvalue weighted by molar-refractivity contribution is -0.344. The van der Waals surface area contributed by atoms with Crippen LogP contribution >= 0.6 is 0 Å². The minimum Gasteiger partial charge on any atom is -0.388 e. The van der Waals surface area contributed by atoms with E-state index in [-0.39, 0.29) is 52.0 Å². The quantitative estimate of drug-likeness (QED) is 0.272. The van der Waals surface area contributed by atoms with E-state index in [0.717, 1.165) is 32.1 Å². The summed E-state index contributed by atoms with van der Waals surface area (Å²) >= 11 is 0. The van der Waals surface area contributed by atoms with Crippen LogP contribution in [0.2, 0.25) is 0 Å². The molecule has 4 aliphatic heterocycles. The van der Waals surface area contributed by atoms with E-state index in [1.54, 1.807) is 5.57 Å². The number of aliphatic hydroxyl groups is 4. The summed E-state index contributed by atoms with van der Waals surface area (Å²) in [5, 5.41) is 41.4. The third kappa shape index (κ3) is 3.19. The molecule has 4 saturated heterocycles. The highest BCUT2D eigenvalue weighted by molar-refractivity contribution is 5.46. The molecule has 9 aliphatic rings. The summed E-state index contributed by atoms with van der Waals surface area (Å²) in [6, 6.07) is 0. The number of hydrogen-bond acceptors (Lipinski definition) is 9. The van der Waals surface area contributed by atoms with Crippen LogP contribution in [0.3, 0.4) is 0 Å². The SMILES string of the molecule is C[C@@H]1C[C@]2(O[C@@H]3C[C@@]4(C)C5=CC[C@H]6C(C)(C)[C@H](O[C@@H]7OC[C@@H](O)[C@H](O)[C@H]7O)CC[C@@]67C[C@@]57CC[C@]4(C)[C@H]13)O[C@H](O)[C@]1(C)O[C@H]21. The molecule has 4 saturated carbocycles. The highest BCUT2D eigenvalue weighted by Crippen LogP contribution is 2.88. The molecule has 0 amide bonds. The highest BCUT2D eigenvalue weighted by Gasteiger charge is 2.83. The van der Waals surface area contributed by atoms with Gasteiger partial charge in [0.2, 0.25) is 5.79 Å². The molecule has 0 aromatic heterocycles. The molecule has 9 rings (SSSR count). The van der Waals surface area contributed by atoms with Crippen LogP contribution in [0, 0.1) is 44.8 Å². The Bertz CT molecular complexity index is 1300. The normalized spacial score (nSPS) is 64.6. The fourth-order valence-electron chi connectivity index (χ4n) is 13.4. The second kappa shape index (κ2) is 8.50. The standard InChI is InChI=1S/C35H52O9/c1-17-13-35(27-32(6,43-27)28(39)44-35)42-19-14-31(5)21-8-7-20-29(2,3)22(41-26-25(38)24(37)18(36)15-40-26)9-10-33(20)16-34(21,33)12-11-30(31,4)23(17)19/h8,17-20,22-28,36-39H,7,9-16H2,1-6H3/t17-,18-,19-,20+,22-,23-,24+,25-,26+,27+,28+,30-,31+,32-,33-,34+,35+/m1/s1. The van der Waals surface area contributed by atoms with E-state index in [9.17, 15) is 20.4 Å². The summed E-state index contributed by atoms with van der Waals surface area (Å²) in [4.78, 5) is 0. The van der Waals surface area contributed by atoms with E-state index in [1.807, 2.05) is 6.92 Å². The Kier molecular flexibility index (Phi) is 5.70. The van der Waals surface area contributed by atoms with Gasteiger partial charge in [0.1, 0.15) is 30.0 Å². The lowest BCUT2D eigenvalue weighted by atomic mass is 9.45. The van der Waals surface area contributed by atoms with Crippen LogP contribution in [0.1, 0.15) is 92.9 Å². The van der Waals surface area contributed by atoms with Crippen molar-refractivity contribution in [1.82, 2.24) is 0 Å². The van der Waals surface area contributed by atoms with Crippen molar-refractivity contribution in [2.75, 3.05) is 6.61 Å². The maximum absolute atomic E-state index is 10.7. The summed E-state index contributed by atoms with van der Waals surface area (Å²) in [6.45, 7) is 14.0. The summed E-state index contributed by atoms with van der Waals surface area (Å²) in [5.74, 6) is 0.460. The van der Waals surface area contributed by atoms with Gasteiger partial charge in [0.25, 0.3) is 0 Å². The molecule has 44 heavy (non-hydrogen) atoms. The number of ether oxygens (including phenoxy) is 5. The summed E-state index contributed by atoms with van der Waals surface area (Å²) in [6.07, 6.45) is 5.31. The van der Waals surface area contributed by atoms with Crippen LogP contribution in [-0.4, -0.2) is 87.6 Å². The largest absolute Gasteiger partial charge is 0.388 e. The van der Waals surface area contributed by atoms with Gasteiger partial charge in [0, 0.05) is 6.42 Å². The molecular weight excluding hydrogens is 564 g/mol. The van der Waals surface area contributed by atoms with Crippen molar-refractivity contribution in [2.24, 2.45) is 44.8 Å². The zero-order chi connectivity index (χ0) is 31.0. The minimum absolute atomic E-state index is 0.0360. The van der Waals surface area contributed by atoms with Crippen molar-refractivity contribution >= 4 is 0 Å². The van der Waals surface area contributed by atoms with Crippen molar-refractivity contribution in [3.8, 4) is 0 Å². The Morgan fingerprint density at radius 1 is 0.909 bits per heavy atom. The van der Waals surface area contributed by atoms with E-state index in [2.05, 4.69) is 40.7 Å². The number of hydrogen-bond donors (Lipinski definition) is 4. The second-order valence-electron chi connectivity index (χ2n) is 17.8. The van der Waals surface area contributed by atoms with Gasteiger partial charge < -0.3 is 44.1 Å². The lowest BCUT2D eigenvalue weighted by Gasteiger charge is -2.60. The molecule has 0 unspecified atom stereocenters. The van der Waals surface area contributed by atoms with E-state index in [1.165, 1.54) is 19.3 Å². The molecule has 0 bridgehead atoms. The van der Waals surface area contributed by atoms with E-state index in [4.69, 9.17) is 23.7 Å². The first kappa shape index (κ1) is 29.5. The molecular formula is C35H52O9. The summed E-state index contributed by atoms with van der Waals surface area (Å²) in [5.41, 5.74) is 1.56. The molecule has 9 nitrogen and oxygen atoms in total. The van der Waals surface area contributed by atoms with E-state index in [0.29, 0.717) is 17.8 Å². The Balaban J connectivity index is 1.00. The highest BCUT2D eigenvalue weighted by atomic mass is 16.8. The monoisotopic (exact) mass is 616 g/mol. The van der Waals surface area contributed by atoms with Crippen molar-refractivity contribution in [2.45, 2.75) is 154 Å². The molecule has 4 heterocycles. The second-order valence-corrected chi connectivity index (χ2v) is 17.8. The van der Waals surface area contributed by atoms with Crippen molar-refractivity contribution in [3.05, 3.63) is 11.6 Å². The molecule has 0 radical (unpaired) electrons. The Hall–Kier alpha value is -0.620. The van der Waals surface area contributed by atoms with Crippen molar-refractivity contribution < 1.29 is 44.1 Å². The van der Waals surface area contributed by atoms with Gasteiger partial charge in [0.05, 0.1) is 18.8 Å². The first-order valence-corrected chi connectivity index (χ1v) is 17.3. The zero-order valence-corrected chi connectivity index (χ0v) is 27.1. The predicted molar refractivity (Wildman–Crippen MR) is 157 cm³/mol. The molecule has 4 N–H and O–H groups in total. The average molecular weight is 617 g/mol. The maximum Gasteiger partial charge on any atom is 0.201 e. The summed E-state index contributed by atoms with van der Waals surface area (Å²) in [7, 11) is 0. The number of epoxide rings is 1. The Labute approximate surface area is 260 Å². The van der Waals surface area contributed by atoms with Gasteiger partial charge in [-0.25, -0.2) is 0 Å². The maximum atomic E-state index is 10.7. The smallest absolute Gasteiger partial charge is 0.201 e. The number of rotatable bonds is 2. The van der Waals surface area contributed by atoms with Crippen LogP contribution in [-0.2, 0) is 23.7 Å². The van der Waals surface area contributed by atoms with Gasteiger partial charge in [-0.15, -0.1) is 0 Å². The topological polar surface area (TPSA) is 130 Å². The molecule has 5 aliphatic carbocycles. The fourth-order valence-corrected chi connectivity index (χ4v) is 13.4. The van der Waals surface area contributed by atoms with Crippen molar-refractivity contribution in [1.29, 1.82) is 0 Å². The number of fused-ring (bicyclic) bond motifs is 6. The van der Waals surface area contributed by atoms with Gasteiger partial charge in [-0.1, -0.05) is 46.3 Å². The molecule has 3 spiro atoms. The average Bonchev–Trinajstić information content (AvgIpc) is 3.80. The molecule has 9 heteroatoms. The van der Waals surface area contributed by atoms with Gasteiger partial charge in [-0.3, -0.25) is 0 Å². The van der Waals surface area contributed by atoms with Crippen LogP contribution in [0.5, 0.6) is 0 Å². The van der Waals surface area contributed by atoms with Crippen molar-refractivity contribution in [3.63, 3.8) is 0 Å². The van der Waals surface area contributed by atoms with Gasteiger partial charge in [0.15, 0.2) is 12.6 Å². The van der Waals surface area contributed by atoms with E-state index >= 15 is 0 Å². The first-order valence-electron chi connectivity index (χ1n) is 17.3. The predicted octanol–water partition coefficient (Wildman–Crippen LogP) is 3.41. The molecule has 0 aromatic rings. The molecule has 0 aromatic carbocycles. The number of allylic oxidation sites excluding steroid dienone is 2. The van der Waals surface area contributed by atoms with Crippen LogP contribution in [0.15, 0.2) is 11.6 Å². The van der Waals surface area contributed by atoms with Gasteiger partial charge in [-0.05, 0) is 96.7 Å². The van der Waals surface area contributed by atoms with Gasteiger partial charge in [-0.2, -0.15) is 0 Å². The first-order chi connectivity index (χ1) is 20.6. The third-order valence-electron chi connectivity index (χ3n) is 15.8. The zero-order valence-electron chi connectivity index (χ0n) is 27.1. The molecule has 246 valence electrons. The third-order valence-corrected chi connectivity index (χ3v) is 15.8. The van der Waals surface area contributed by atoms with Crippen LogP contribution in [0.25, 0.3) is 0 Å². The van der Waals surface area contributed by atoms with E-state index < -0.39 is 42.3 Å². The Morgan fingerprint density at radius 2 is 1.68 bits per heavy atom. The van der Waals surface area contributed by atoms with Crippen LogP contribution < -0.4 is 0 Å². The fraction of sp³-hybridized carbons (Fsp3) is 0.943. The van der Waals surface area contributed by atoms with Crippen LogP contribution in [0.4, 0.5) is 0 Å². The number of aliphatic hydroxyl groups excluding tert-OH is 4. The van der Waals surface area contributed by atoms with Gasteiger partial charge >= 0.3 is 0 Å². The molecule has 17 atom stereocenters. The lowest BCUT2D eigenvalue weighted by Crippen LogP contribution is -2.58. The summed E-state index contributed by atoms with van der Waals surface area (Å²) < 4.78 is 31.3. The molecule has 8 fully saturated rings. The Morgan fingerprint density at radius 3 is 2.39 bits per heavy atom.